The molecule has 104 valence electrons. The van der Waals surface area contributed by atoms with Gasteiger partial charge in [-0.2, -0.15) is 0 Å². The predicted molar refractivity (Wildman–Crippen MR) is 83.8 cm³/mol. The van der Waals surface area contributed by atoms with Gasteiger partial charge in [-0.25, -0.2) is 0 Å². The first-order chi connectivity index (χ1) is 9.79. The minimum absolute atomic E-state index is 0.221. The molecule has 20 heavy (non-hydrogen) atoms. The Bertz CT molecular complexity index is 597. The number of halogens is 1. The van der Waals surface area contributed by atoms with Crippen LogP contribution in [0.4, 0.5) is 0 Å². The van der Waals surface area contributed by atoms with Crippen LogP contribution in [0.2, 0.25) is 5.02 Å². The van der Waals surface area contributed by atoms with Crippen molar-refractivity contribution in [3.63, 3.8) is 0 Å². The average Bonchev–Trinajstić information content (AvgIpc) is 2.90. The number of aryl methyl sites for hydroxylation is 1. The Balaban J connectivity index is 1.83. The highest BCUT2D eigenvalue weighted by Crippen LogP contribution is 2.36. The molecule has 0 heterocycles. The molecule has 2 aromatic rings. The van der Waals surface area contributed by atoms with Gasteiger partial charge in [0.05, 0.1) is 0 Å². The topological polar surface area (TPSA) is 38.0 Å². The third-order valence-electron chi connectivity index (χ3n) is 4.28. The van der Waals surface area contributed by atoms with E-state index in [1.165, 1.54) is 11.1 Å². The highest BCUT2D eigenvalue weighted by Gasteiger charge is 2.29. The number of nitrogens with two attached hydrogens (primary N) is 1. The van der Waals surface area contributed by atoms with Crippen molar-refractivity contribution in [1.82, 2.24) is 5.43 Å². The van der Waals surface area contributed by atoms with Gasteiger partial charge in [-0.3, -0.25) is 11.3 Å². The molecule has 2 aromatic carbocycles. The van der Waals surface area contributed by atoms with Crippen LogP contribution in [0.3, 0.4) is 0 Å². The summed E-state index contributed by atoms with van der Waals surface area (Å²) in [4.78, 5) is 0. The normalized spacial score (nSPS) is 18.8. The largest absolute Gasteiger partial charge is 0.271 e. The van der Waals surface area contributed by atoms with Crippen molar-refractivity contribution in [3.05, 3.63) is 70.2 Å². The van der Waals surface area contributed by atoms with E-state index in [0.29, 0.717) is 5.92 Å². The summed E-state index contributed by atoms with van der Waals surface area (Å²) in [5.74, 6) is 6.28. The van der Waals surface area contributed by atoms with Gasteiger partial charge < -0.3 is 0 Å². The number of fused-ring (bicyclic) bond motifs is 1. The first kappa shape index (κ1) is 13.6. The van der Waals surface area contributed by atoms with Gasteiger partial charge in [0.25, 0.3) is 0 Å². The highest BCUT2D eigenvalue weighted by molar-refractivity contribution is 6.31. The van der Waals surface area contributed by atoms with Gasteiger partial charge in [0, 0.05) is 17.0 Å². The molecule has 0 radical (unpaired) electrons. The number of hydrogen-bond donors (Lipinski definition) is 2. The van der Waals surface area contributed by atoms with Gasteiger partial charge in [-0.05, 0) is 42.0 Å². The first-order valence-electron chi connectivity index (χ1n) is 7.07. The highest BCUT2D eigenvalue weighted by atomic mass is 35.5. The third-order valence-corrected chi connectivity index (χ3v) is 4.65. The van der Waals surface area contributed by atoms with Crippen LogP contribution in [0.5, 0.6) is 0 Å². The molecule has 2 atom stereocenters. The molecule has 3 N–H and O–H groups in total. The average molecular weight is 287 g/mol. The number of hydrogen-bond acceptors (Lipinski definition) is 2. The van der Waals surface area contributed by atoms with Gasteiger partial charge in [-0.15, -0.1) is 0 Å². The minimum atomic E-state index is 0.221. The molecular formula is C17H19ClN2. The lowest BCUT2D eigenvalue weighted by molar-refractivity contribution is 0.434. The lowest BCUT2D eigenvalue weighted by atomic mass is 9.89. The molecule has 0 amide bonds. The van der Waals surface area contributed by atoms with Crippen LogP contribution in [-0.2, 0) is 12.8 Å². The second kappa shape index (κ2) is 5.96. The predicted octanol–water partition coefficient (Wildman–Crippen LogP) is 3.44. The second-order valence-electron chi connectivity index (χ2n) is 5.41. The summed E-state index contributed by atoms with van der Waals surface area (Å²) in [5, 5.41) is 0.819. The Morgan fingerprint density at radius 3 is 2.70 bits per heavy atom. The van der Waals surface area contributed by atoms with Crippen LogP contribution in [0.15, 0.2) is 48.5 Å². The van der Waals surface area contributed by atoms with Crippen molar-refractivity contribution in [3.8, 4) is 0 Å². The summed E-state index contributed by atoms with van der Waals surface area (Å²) >= 11 is 6.26. The van der Waals surface area contributed by atoms with Crippen LogP contribution in [0.1, 0.15) is 29.0 Å². The fourth-order valence-corrected chi connectivity index (χ4v) is 3.44. The summed E-state index contributed by atoms with van der Waals surface area (Å²) in [5.41, 5.74) is 7.04. The van der Waals surface area contributed by atoms with E-state index >= 15 is 0 Å². The van der Waals surface area contributed by atoms with Crippen molar-refractivity contribution in [2.45, 2.75) is 31.2 Å². The maximum Gasteiger partial charge on any atom is 0.0438 e. The van der Waals surface area contributed by atoms with Crippen LogP contribution in [0.25, 0.3) is 0 Å². The van der Waals surface area contributed by atoms with Crippen LogP contribution >= 0.6 is 11.6 Å². The molecule has 3 rings (SSSR count). The quantitative estimate of drug-likeness (QED) is 0.667. The lowest BCUT2D eigenvalue weighted by Gasteiger charge is -2.24. The Kier molecular flexibility index (Phi) is 4.06. The summed E-state index contributed by atoms with van der Waals surface area (Å²) in [6.07, 6.45) is 3.15. The standard InChI is InChI=1S/C17H19ClN2/c18-16-8-4-2-6-13(16)11-17(20-19)15-10-9-12-5-1-3-7-14(12)15/h1-8,15,17,20H,9-11,19H2. The van der Waals surface area contributed by atoms with E-state index in [4.69, 9.17) is 17.4 Å². The lowest BCUT2D eigenvalue weighted by Crippen LogP contribution is -2.40. The van der Waals surface area contributed by atoms with Crippen molar-refractivity contribution < 1.29 is 0 Å². The fraction of sp³-hybridized carbons (Fsp3) is 0.294. The number of benzene rings is 2. The van der Waals surface area contributed by atoms with E-state index in [2.05, 4.69) is 35.8 Å². The van der Waals surface area contributed by atoms with Gasteiger partial charge in [0.2, 0.25) is 0 Å². The molecule has 0 saturated heterocycles. The Hall–Kier alpha value is -1.35. The zero-order chi connectivity index (χ0) is 13.9. The first-order valence-corrected chi connectivity index (χ1v) is 7.44. The number of nitrogens with one attached hydrogen (secondary N) is 1. The Morgan fingerprint density at radius 2 is 1.90 bits per heavy atom. The molecule has 3 heteroatoms. The summed E-state index contributed by atoms with van der Waals surface area (Å²) in [6.45, 7) is 0. The van der Waals surface area contributed by atoms with E-state index < -0.39 is 0 Å². The zero-order valence-electron chi connectivity index (χ0n) is 11.4. The molecule has 0 aliphatic heterocycles. The van der Waals surface area contributed by atoms with Gasteiger partial charge >= 0.3 is 0 Å². The summed E-state index contributed by atoms with van der Waals surface area (Å²) in [6, 6.07) is 16.9. The zero-order valence-corrected chi connectivity index (χ0v) is 12.1. The van der Waals surface area contributed by atoms with Crippen molar-refractivity contribution in [2.24, 2.45) is 5.84 Å². The number of hydrazine groups is 1. The van der Waals surface area contributed by atoms with Gasteiger partial charge in [-0.1, -0.05) is 54.1 Å². The van der Waals surface area contributed by atoms with Crippen LogP contribution < -0.4 is 11.3 Å². The summed E-state index contributed by atoms with van der Waals surface area (Å²) in [7, 11) is 0. The van der Waals surface area contributed by atoms with Gasteiger partial charge in [0.1, 0.15) is 0 Å². The second-order valence-corrected chi connectivity index (χ2v) is 5.82. The molecule has 2 nitrogen and oxygen atoms in total. The van der Waals surface area contributed by atoms with Crippen molar-refractivity contribution >= 4 is 11.6 Å². The van der Waals surface area contributed by atoms with E-state index in [1.54, 1.807) is 0 Å². The van der Waals surface area contributed by atoms with Gasteiger partial charge in [0.15, 0.2) is 0 Å². The van der Waals surface area contributed by atoms with Crippen LogP contribution in [0, 0.1) is 0 Å². The number of rotatable bonds is 4. The van der Waals surface area contributed by atoms with E-state index in [0.717, 1.165) is 29.8 Å². The molecule has 0 saturated carbocycles. The molecule has 0 spiro atoms. The summed E-state index contributed by atoms with van der Waals surface area (Å²) < 4.78 is 0. The SMILES string of the molecule is NNC(Cc1ccccc1Cl)C1CCc2ccccc21. The maximum absolute atomic E-state index is 6.26. The molecular weight excluding hydrogens is 268 g/mol. The van der Waals surface area contributed by atoms with E-state index in [1.807, 2.05) is 18.2 Å². The molecule has 0 aromatic heterocycles. The van der Waals surface area contributed by atoms with Crippen LogP contribution in [-0.4, -0.2) is 6.04 Å². The molecule has 1 aliphatic carbocycles. The molecule has 0 bridgehead atoms. The molecule has 0 fully saturated rings. The smallest absolute Gasteiger partial charge is 0.0438 e. The van der Waals surface area contributed by atoms with E-state index in [9.17, 15) is 0 Å². The van der Waals surface area contributed by atoms with Crippen molar-refractivity contribution in [2.75, 3.05) is 0 Å². The Labute approximate surface area is 124 Å². The van der Waals surface area contributed by atoms with E-state index in [-0.39, 0.29) is 6.04 Å². The Morgan fingerprint density at radius 1 is 1.15 bits per heavy atom. The molecule has 2 unspecified atom stereocenters. The fourth-order valence-electron chi connectivity index (χ4n) is 3.23. The molecule has 1 aliphatic rings. The van der Waals surface area contributed by atoms with Crippen molar-refractivity contribution in [1.29, 1.82) is 0 Å². The minimum Gasteiger partial charge on any atom is -0.271 e. The monoisotopic (exact) mass is 286 g/mol. The third kappa shape index (κ3) is 2.59. The maximum atomic E-state index is 6.26.